The molecule has 4 aliphatic rings. The molecule has 2 heterocycles. The highest BCUT2D eigenvalue weighted by atomic mass is 127. The topological polar surface area (TPSA) is 83.2 Å². The van der Waals surface area contributed by atoms with Crippen molar-refractivity contribution in [2.24, 2.45) is 23.7 Å². The van der Waals surface area contributed by atoms with Gasteiger partial charge in [0, 0.05) is 34.8 Å². The zero-order chi connectivity index (χ0) is 17.6. The van der Waals surface area contributed by atoms with Gasteiger partial charge in [-0.15, -0.1) is 0 Å². The van der Waals surface area contributed by atoms with Crippen LogP contribution in [0.15, 0.2) is 12.3 Å². The first kappa shape index (κ1) is 16.1. The second-order valence-electron chi connectivity index (χ2n) is 8.68. The standard InChI is InChI=1S/C19H23IN4O2/c20-19-22-17(21-13(8-1-2-8)9-3-4-9)10-5-6-24(18(10)23-19)14-11-7-12(11)15(25)16(14)26/h5-6,8-9,11-16,25-26H,1-4,7H2,(H,21,22,23)/t11-,12+,14+,15+,16-/m0/s1. The molecule has 2 aromatic rings. The summed E-state index contributed by atoms with van der Waals surface area (Å²) < 4.78 is 2.81. The SMILES string of the molecule is O[C@@H]1[C@H](O)[C@@H]2C[C@@H]2[C@H]1n1ccc2c(NC(C3CC3)C3CC3)nc(I)nc21. The Balaban J connectivity index is 1.39. The molecular weight excluding hydrogens is 443 g/mol. The molecule has 2 aromatic heterocycles. The number of halogens is 1. The van der Waals surface area contributed by atoms with E-state index in [0.29, 0.717) is 12.0 Å². The molecule has 4 saturated carbocycles. The van der Waals surface area contributed by atoms with Crippen LogP contribution in [0.1, 0.15) is 38.1 Å². The van der Waals surface area contributed by atoms with Crippen molar-refractivity contribution in [3.8, 4) is 0 Å². The van der Waals surface area contributed by atoms with Gasteiger partial charge in [-0.3, -0.25) is 0 Å². The van der Waals surface area contributed by atoms with E-state index in [-0.39, 0.29) is 12.0 Å². The van der Waals surface area contributed by atoms with Crippen LogP contribution in [-0.2, 0) is 0 Å². The Morgan fingerprint density at radius 1 is 1.08 bits per heavy atom. The van der Waals surface area contributed by atoms with E-state index < -0.39 is 12.2 Å². The van der Waals surface area contributed by atoms with Gasteiger partial charge in [0.05, 0.1) is 17.5 Å². The van der Waals surface area contributed by atoms with Crippen molar-refractivity contribution in [3.05, 3.63) is 16.1 Å². The largest absolute Gasteiger partial charge is 0.390 e. The summed E-state index contributed by atoms with van der Waals surface area (Å²) in [6.45, 7) is 0. The van der Waals surface area contributed by atoms with E-state index in [2.05, 4.69) is 43.5 Å². The zero-order valence-corrected chi connectivity index (χ0v) is 16.6. The third kappa shape index (κ3) is 2.43. The molecule has 0 radical (unpaired) electrons. The quantitative estimate of drug-likeness (QED) is 0.466. The minimum absolute atomic E-state index is 0.0753. The lowest BCUT2D eigenvalue weighted by Gasteiger charge is -2.23. The van der Waals surface area contributed by atoms with Gasteiger partial charge in [-0.25, -0.2) is 9.97 Å². The summed E-state index contributed by atoms with van der Waals surface area (Å²) in [5.41, 5.74) is 0.876. The van der Waals surface area contributed by atoms with Gasteiger partial charge in [0.15, 0.2) is 3.83 Å². The number of anilines is 1. The molecule has 0 bridgehead atoms. The monoisotopic (exact) mass is 466 g/mol. The Kier molecular flexibility index (Phi) is 3.43. The molecule has 3 N–H and O–H groups in total. The van der Waals surface area contributed by atoms with Gasteiger partial charge in [-0.1, -0.05) is 0 Å². The first-order valence-electron chi connectivity index (χ1n) is 9.78. The van der Waals surface area contributed by atoms with E-state index in [4.69, 9.17) is 4.98 Å². The lowest BCUT2D eigenvalue weighted by molar-refractivity contribution is 0.00396. The number of aromatic nitrogens is 3. The average molecular weight is 466 g/mol. The number of hydrogen-bond acceptors (Lipinski definition) is 5. The van der Waals surface area contributed by atoms with Gasteiger partial charge < -0.3 is 20.1 Å². The number of aliphatic hydroxyl groups is 2. The van der Waals surface area contributed by atoms with Crippen molar-refractivity contribution in [1.82, 2.24) is 14.5 Å². The number of nitrogens with zero attached hydrogens (tertiary/aromatic N) is 3. The van der Waals surface area contributed by atoms with E-state index in [9.17, 15) is 10.2 Å². The minimum Gasteiger partial charge on any atom is -0.390 e. The first-order valence-corrected chi connectivity index (χ1v) is 10.9. The van der Waals surface area contributed by atoms with Crippen LogP contribution in [0.2, 0.25) is 0 Å². The van der Waals surface area contributed by atoms with Crippen molar-refractivity contribution in [1.29, 1.82) is 0 Å². The third-order valence-corrected chi connectivity index (χ3v) is 7.38. The molecule has 7 heteroatoms. The zero-order valence-electron chi connectivity index (χ0n) is 14.4. The second-order valence-corrected chi connectivity index (χ2v) is 9.65. The van der Waals surface area contributed by atoms with Crippen LogP contribution in [-0.4, -0.2) is 43.0 Å². The number of fused-ring (bicyclic) bond motifs is 2. The van der Waals surface area contributed by atoms with Crippen LogP contribution in [0.5, 0.6) is 0 Å². The maximum absolute atomic E-state index is 10.5. The van der Waals surface area contributed by atoms with Crippen molar-refractivity contribution in [2.45, 2.75) is 56.4 Å². The molecule has 0 amide bonds. The Hall–Kier alpha value is -0.930. The van der Waals surface area contributed by atoms with Crippen LogP contribution in [0.3, 0.4) is 0 Å². The predicted molar refractivity (Wildman–Crippen MR) is 106 cm³/mol. The summed E-state index contributed by atoms with van der Waals surface area (Å²) >= 11 is 2.18. The molecule has 4 fully saturated rings. The van der Waals surface area contributed by atoms with E-state index >= 15 is 0 Å². The summed E-state index contributed by atoms with van der Waals surface area (Å²) in [5, 5.41) is 25.5. The van der Waals surface area contributed by atoms with Crippen molar-refractivity contribution < 1.29 is 10.2 Å². The van der Waals surface area contributed by atoms with Gasteiger partial charge in [0.25, 0.3) is 0 Å². The Bertz CT molecular complexity index is 866. The fourth-order valence-corrected chi connectivity index (χ4v) is 5.62. The summed E-state index contributed by atoms with van der Waals surface area (Å²) in [5.74, 6) is 3.14. The fourth-order valence-electron chi connectivity index (χ4n) is 5.15. The highest BCUT2D eigenvalue weighted by Crippen LogP contribution is 2.58. The predicted octanol–water partition coefficient (Wildman–Crippen LogP) is 2.55. The maximum atomic E-state index is 10.5. The summed E-state index contributed by atoms with van der Waals surface area (Å²) in [4.78, 5) is 9.39. The van der Waals surface area contributed by atoms with E-state index in [1.165, 1.54) is 25.7 Å². The highest BCUT2D eigenvalue weighted by Gasteiger charge is 2.60. The van der Waals surface area contributed by atoms with Crippen molar-refractivity contribution in [2.75, 3.05) is 5.32 Å². The minimum atomic E-state index is -0.705. The van der Waals surface area contributed by atoms with Gasteiger partial charge in [-0.05, 0) is 61.8 Å². The highest BCUT2D eigenvalue weighted by molar-refractivity contribution is 14.1. The Morgan fingerprint density at radius 3 is 2.42 bits per heavy atom. The molecule has 6 rings (SSSR count). The number of nitrogens with one attached hydrogen (secondary N) is 1. The average Bonchev–Trinajstić information content (AvgIpc) is 3.50. The molecule has 0 unspecified atom stereocenters. The van der Waals surface area contributed by atoms with Crippen LogP contribution in [0.25, 0.3) is 11.0 Å². The van der Waals surface area contributed by atoms with Crippen molar-refractivity contribution in [3.63, 3.8) is 0 Å². The summed E-state index contributed by atoms with van der Waals surface area (Å²) in [6.07, 6.45) is 7.03. The smallest absolute Gasteiger partial charge is 0.194 e. The van der Waals surface area contributed by atoms with E-state index in [1.807, 2.05) is 6.20 Å². The maximum Gasteiger partial charge on any atom is 0.194 e. The third-order valence-electron chi connectivity index (χ3n) is 6.90. The Labute approximate surface area is 165 Å². The number of hydrogen-bond donors (Lipinski definition) is 3. The van der Waals surface area contributed by atoms with Crippen LogP contribution in [0.4, 0.5) is 5.82 Å². The van der Waals surface area contributed by atoms with Crippen LogP contribution in [0, 0.1) is 27.5 Å². The lowest BCUT2D eigenvalue weighted by atomic mass is 10.1. The van der Waals surface area contributed by atoms with Gasteiger partial charge in [-0.2, -0.15) is 0 Å². The van der Waals surface area contributed by atoms with Gasteiger partial charge in [0.1, 0.15) is 17.6 Å². The van der Waals surface area contributed by atoms with Crippen LogP contribution >= 0.6 is 22.6 Å². The normalized spacial score (nSPS) is 35.9. The molecule has 5 atom stereocenters. The number of aliphatic hydroxyl groups excluding tert-OH is 2. The van der Waals surface area contributed by atoms with Gasteiger partial charge in [0.2, 0.25) is 0 Å². The van der Waals surface area contributed by atoms with Crippen molar-refractivity contribution >= 4 is 39.4 Å². The van der Waals surface area contributed by atoms with Crippen LogP contribution < -0.4 is 5.32 Å². The summed E-state index contributed by atoms with van der Waals surface area (Å²) in [6, 6.07) is 2.53. The number of rotatable bonds is 5. The molecule has 0 spiro atoms. The summed E-state index contributed by atoms with van der Waals surface area (Å²) in [7, 11) is 0. The Morgan fingerprint density at radius 2 is 1.81 bits per heavy atom. The lowest BCUT2D eigenvalue weighted by Crippen LogP contribution is -2.31. The molecule has 26 heavy (non-hydrogen) atoms. The van der Waals surface area contributed by atoms with E-state index in [1.54, 1.807) is 0 Å². The molecule has 6 nitrogen and oxygen atoms in total. The molecule has 0 aromatic carbocycles. The molecule has 0 aliphatic heterocycles. The second kappa shape index (κ2) is 5.54. The first-order chi connectivity index (χ1) is 12.6. The molecule has 4 aliphatic carbocycles. The van der Waals surface area contributed by atoms with Gasteiger partial charge >= 0.3 is 0 Å². The molecule has 138 valence electrons. The molecule has 0 saturated heterocycles. The fraction of sp³-hybridized carbons (Fsp3) is 0.684. The molecular formula is C19H23IN4O2. The van der Waals surface area contributed by atoms with E-state index in [0.717, 1.165) is 38.9 Å².